The summed E-state index contributed by atoms with van der Waals surface area (Å²) in [5, 5.41) is 20.9. The second kappa shape index (κ2) is 6.28. The zero-order valence-electron chi connectivity index (χ0n) is 14.7. The third-order valence-electron chi connectivity index (χ3n) is 4.56. The molecule has 0 bridgehead atoms. The molecule has 1 aliphatic rings. The number of fused-ring (bicyclic) bond motifs is 1. The highest BCUT2D eigenvalue weighted by Crippen LogP contribution is 2.46. The van der Waals surface area contributed by atoms with E-state index in [2.05, 4.69) is 0 Å². The highest BCUT2D eigenvalue weighted by molar-refractivity contribution is 6.03. The molecule has 2 aromatic carbocycles. The van der Waals surface area contributed by atoms with E-state index < -0.39 is 5.60 Å². The normalized spacial score (nSPS) is 19.1. The average Bonchev–Trinajstić information content (AvgIpc) is 2.54. The number of aromatic hydroxyl groups is 2. The highest BCUT2D eigenvalue weighted by Gasteiger charge is 2.40. The third kappa shape index (κ3) is 3.12. The van der Waals surface area contributed by atoms with Crippen LogP contribution in [0, 0.1) is 0 Å². The van der Waals surface area contributed by atoms with Crippen LogP contribution >= 0.6 is 0 Å². The fraction of sp³-hybridized carbons (Fsp3) is 0.286. The van der Waals surface area contributed by atoms with Crippen molar-refractivity contribution in [1.82, 2.24) is 0 Å². The number of ether oxygens (including phenoxy) is 1. The van der Waals surface area contributed by atoms with Gasteiger partial charge in [-0.2, -0.15) is 0 Å². The maximum atomic E-state index is 12.8. The lowest BCUT2D eigenvalue weighted by atomic mass is 9.84. The molecular weight excluding hydrogens is 316 g/mol. The molecule has 0 saturated carbocycles. The Kier molecular flexibility index (Phi) is 4.29. The van der Waals surface area contributed by atoms with Crippen molar-refractivity contribution in [3.05, 3.63) is 64.7 Å². The summed E-state index contributed by atoms with van der Waals surface area (Å²) in [5.74, 6) is -0.228. The van der Waals surface area contributed by atoms with Crippen molar-refractivity contribution in [2.45, 2.75) is 39.2 Å². The molecule has 130 valence electrons. The van der Waals surface area contributed by atoms with E-state index in [0.717, 1.165) is 11.1 Å². The molecular formula is C21H22O4. The maximum absolute atomic E-state index is 12.8. The second-order valence-corrected chi connectivity index (χ2v) is 6.88. The molecule has 2 N–H and O–H groups in total. The van der Waals surface area contributed by atoms with Gasteiger partial charge in [0.05, 0.1) is 6.42 Å². The lowest BCUT2D eigenvalue weighted by molar-refractivity contribution is 0.0496. The van der Waals surface area contributed by atoms with Crippen LogP contribution < -0.4 is 4.74 Å². The monoisotopic (exact) mass is 338 g/mol. The van der Waals surface area contributed by atoms with E-state index in [0.29, 0.717) is 12.0 Å². The van der Waals surface area contributed by atoms with E-state index in [-0.39, 0.29) is 35.0 Å². The van der Waals surface area contributed by atoms with E-state index in [4.69, 9.17) is 4.74 Å². The summed E-state index contributed by atoms with van der Waals surface area (Å²) in [5.41, 5.74) is 1.62. The van der Waals surface area contributed by atoms with Crippen LogP contribution in [0.3, 0.4) is 0 Å². The first-order valence-corrected chi connectivity index (χ1v) is 8.31. The fourth-order valence-electron chi connectivity index (χ4n) is 3.15. The number of rotatable bonds is 3. The van der Waals surface area contributed by atoms with Crippen molar-refractivity contribution in [2.75, 3.05) is 0 Å². The number of hydrogen-bond acceptors (Lipinski definition) is 4. The van der Waals surface area contributed by atoms with Gasteiger partial charge in [0.15, 0.2) is 5.78 Å². The summed E-state index contributed by atoms with van der Waals surface area (Å²) in [4.78, 5) is 12.8. The van der Waals surface area contributed by atoms with Crippen LogP contribution in [-0.4, -0.2) is 16.0 Å². The Morgan fingerprint density at radius 1 is 1.24 bits per heavy atom. The van der Waals surface area contributed by atoms with Gasteiger partial charge in [0, 0.05) is 11.6 Å². The Balaban J connectivity index is 2.06. The van der Waals surface area contributed by atoms with Crippen LogP contribution in [0.4, 0.5) is 0 Å². The van der Waals surface area contributed by atoms with Crippen molar-refractivity contribution < 1.29 is 19.7 Å². The molecule has 25 heavy (non-hydrogen) atoms. The maximum Gasteiger partial charge on any atom is 0.174 e. The number of carbonyl (C=O) groups is 1. The van der Waals surface area contributed by atoms with E-state index >= 15 is 0 Å². The van der Waals surface area contributed by atoms with Gasteiger partial charge in [-0.1, -0.05) is 42.0 Å². The summed E-state index contributed by atoms with van der Waals surface area (Å²) in [6, 6.07) is 10.9. The van der Waals surface area contributed by atoms with Gasteiger partial charge in [0.2, 0.25) is 0 Å². The van der Waals surface area contributed by atoms with Crippen LogP contribution in [0.25, 0.3) is 0 Å². The number of benzene rings is 2. The third-order valence-corrected chi connectivity index (χ3v) is 4.56. The molecule has 1 atom stereocenters. The predicted molar refractivity (Wildman–Crippen MR) is 96.3 cm³/mol. The summed E-state index contributed by atoms with van der Waals surface area (Å²) in [7, 11) is 0. The molecule has 0 fully saturated rings. The van der Waals surface area contributed by atoms with Crippen LogP contribution in [0.5, 0.6) is 17.2 Å². The van der Waals surface area contributed by atoms with Gasteiger partial charge in [-0.25, -0.2) is 0 Å². The molecule has 4 heteroatoms. The van der Waals surface area contributed by atoms with E-state index in [1.807, 2.05) is 57.2 Å². The molecule has 0 aliphatic carbocycles. The van der Waals surface area contributed by atoms with E-state index in [1.54, 1.807) is 0 Å². The summed E-state index contributed by atoms with van der Waals surface area (Å²) >= 11 is 0. The first-order chi connectivity index (χ1) is 11.8. The number of phenolic OH excluding ortho intramolecular Hbond substituents is 2. The molecule has 1 heterocycles. The first kappa shape index (κ1) is 17.1. The molecule has 1 aliphatic heterocycles. The second-order valence-electron chi connectivity index (χ2n) is 6.88. The van der Waals surface area contributed by atoms with Gasteiger partial charge >= 0.3 is 0 Å². The van der Waals surface area contributed by atoms with E-state index in [9.17, 15) is 15.0 Å². The van der Waals surface area contributed by atoms with Crippen molar-refractivity contribution in [3.63, 3.8) is 0 Å². The van der Waals surface area contributed by atoms with Crippen molar-refractivity contribution in [2.24, 2.45) is 0 Å². The lowest BCUT2D eigenvalue weighted by Crippen LogP contribution is -2.36. The van der Waals surface area contributed by atoms with Crippen LogP contribution in [0.1, 0.15) is 48.7 Å². The minimum absolute atomic E-state index is 0.0705. The van der Waals surface area contributed by atoms with Gasteiger partial charge < -0.3 is 14.9 Å². The Morgan fingerprint density at radius 2 is 1.92 bits per heavy atom. The Labute approximate surface area is 147 Å². The first-order valence-electron chi connectivity index (χ1n) is 8.31. The number of allylic oxidation sites excluding steroid dienone is 2. The summed E-state index contributed by atoms with van der Waals surface area (Å²) in [6.45, 7) is 5.71. The number of carbonyl (C=O) groups excluding carboxylic acids is 1. The number of phenols is 2. The molecule has 3 rings (SSSR count). The average molecular weight is 338 g/mol. The highest BCUT2D eigenvalue weighted by atomic mass is 16.5. The lowest BCUT2D eigenvalue weighted by Gasteiger charge is -2.36. The van der Waals surface area contributed by atoms with Crippen molar-refractivity contribution in [1.29, 1.82) is 0 Å². The van der Waals surface area contributed by atoms with Crippen LogP contribution in [0.15, 0.2) is 48.0 Å². The Bertz CT molecular complexity index is 848. The Morgan fingerprint density at radius 3 is 2.56 bits per heavy atom. The van der Waals surface area contributed by atoms with Crippen LogP contribution in [-0.2, 0) is 12.0 Å². The molecule has 0 aromatic heterocycles. The topological polar surface area (TPSA) is 66.8 Å². The SMILES string of the molecule is CC(C)=CCc1c(O)cc2c(c1O)C(=O)C[C@@](C)(c1ccccc1)O2. The van der Waals surface area contributed by atoms with Crippen LogP contribution in [0.2, 0.25) is 0 Å². The quantitative estimate of drug-likeness (QED) is 0.809. The molecule has 4 nitrogen and oxygen atoms in total. The van der Waals surface area contributed by atoms with E-state index in [1.165, 1.54) is 6.07 Å². The minimum atomic E-state index is -0.828. The van der Waals surface area contributed by atoms with Crippen molar-refractivity contribution in [3.8, 4) is 17.2 Å². The standard InChI is InChI=1S/C21H22O4/c1-13(2)9-10-15-16(22)11-18-19(20(15)24)17(23)12-21(3,25-18)14-7-5-4-6-8-14/h4-9,11,22,24H,10,12H2,1-3H3/t21-/m0/s1. The van der Waals surface area contributed by atoms with Gasteiger partial charge in [-0.05, 0) is 32.8 Å². The molecule has 2 aromatic rings. The molecule has 0 amide bonds. The minimum Gasteiger partial charge on any atom is -0.507 e. The molecule has 0 spiro atoms. The van der Waals surface area contributed by atoms with Gasteiger partial charge in [-0.15, -0.1) is 0 Å². The molecule has 0 unspecified atom stereocenters. The zero-order valence-corrected chi connectivity index (χ0v) is 14.7. The molecule has 0 radical (unpaired) electrons. The largest absolute Gasteiger partial charge is 0.507 e. The van der Waals surface area contributed by atoms with Crippen molar-refractivity contribution >= 4 is 5.78 Å². The fourth-order valence-corrected chi connectivity index (χ4v) is 3.15. The predicted octanol–water partition coefficient (Wildman–Crippen LogP) is 4.49. The number of Topliss-reactive ketones (excluding diaryl/α,β-unsaturated/α-hetero) is 1. The molecule has 0 saturated heterocycles. The smallest absolute Gasteiger partial charge is 0.174 e. The zero-order chi connectivity index (χ0) is 18.2. The van der Waals surface area contributed by atoms with Gasteiger partial charge in [-0.3, -0.25) is 4.79 Å². The van der Waals surface area contributed by atoms with Gasteiger partial charge in [0.1, 0.15) is 28.4 Å². The number of hydrogen-bond donors (Lipinski definition) is 2. The Hall–Kier alpha value is -2.75. The van der Waals surface area contributed by atoms with Gasteiger partial charge in [0.25, 0.3) is 0 Å². The number of ketones is 1. The summed E-state index contributed by atoms with van der Waals surface area (Å²) in [6.07, 6.45) is 2.38. The summed E-state index contributed by atoms with van der Waals surface area (Å²) < 4.78 is 6.06.